The van der Waals surface area contributed by atoms with Gasteiger partial charge in [0.2, 0.25) is 0 Å². The smallest absolute Gasteiger partial charge is 0.144 e. The summed E-state index contributed by atoms with van der Waals surface area (Å²) < 4.78 is 5.31. The first kappa shape index (κ1) is 12.1. The first-order chi connectivity index (χ1) is 7.19. The molecule has 0 aliphatic rings. The van der Waals surface area contributed by atoms with Gasteiger partial charge >= 0.3 is 0 Å². The van der Waals surface area contributed by atoms with Crippen LogP contribution in [0.3, 0.4) is 0 Å². The number of nitrogens with one attached hydrogen (secondary N) is 1. The van der Waals surface area contributed by atoms with E-state index in [-0.39, 0.29) is 0 Å². The standard InChI is InChI=1S/C11H17ClN2O/c1-8-6-9(12)7-10(11(8)15-2)14-5-3-4-13/h6-7,14H,3-5,13H2,1-2H3. The molecule has 0 atom stereocenters. The number of halogens is 1. The minimum atomic E-state index is 0.675. The Morgan fingerprint density at radius 1 is 1.47 bits per heavy atom. The second kappa shape index (κ2) is 5.83. The van der Waals surface area contributed by atoms with Crippen LogP contribution in [0.4, 0.5) is 5.69 Å². The molecule has 0 aliphatic carbocycles. The number of ether oxygens (including phenoxy) is 1. The van der Waals surface area contributed by atoms with E-state index in [2.05, 4.69) is 5.32 Å². The van der Waals surface area contributed by atoms with Gasteiger partial charge in [0.25, 0.3) is 0 Å². The Morgan fingerprint density at radius 3 is 2.80 bits per heavy atom. The van der Waals surface area contributed by atoms with Crippen molar-refractivity contribution >= 4 is 17.3 Å². The summed E-state index contributed by atoms with van der Waals surface area (Å²) in [4.78, 5) is 0. The molecule has 0 amide bonds. The Morgan fingerprint density at radius 2 is 2.20 bits per heavy atom. The summed E-state index contributed by atoms with van der Waals surface area (Å²) in [5, 5.41) is 3.97. The van der Waals surface area contributed by atoms with Gasteiger partial charge in [0, 0.05) is 11.6 Å². The minimum Gasteiger partial charge on any atom is -0.494 e. The molecule has 0 fully saturated rings. The number of methoxy groups -OCH3 is 1. The molecule has 84 valence electrons. The van der Waals surface area contributed by atoms with E-state index in [0.717, 1.165) is 30.0 Å². The van der Waals surface area contributed by atoms with Gasteiger partial charge in [0.05, 0.1) is 12.8 Å². The second-order valence-electron chi connectivity index (χ2n) is 3.37. The van der Waals surface area contributed by atoms with Gasteiger partial charge in [-0.1, -0.05) is 11.6 Å². The number of benzene rings is 1. The van der Waals surface area contributed by atoms with Crippen molar-refractivity contribution in [3.8, 4) is 5.75 Å². The van der Waals surface area contributed by atoms with Gasteiger partial charge in [-0.15, -0.1) is 0 Å². The molecule has 0 aliphatic heterocycles. The third-order valence-corrected chi connectivity index (χ3v) is 2.36. The third-order valence-electron chi connectivity index (χ3n) is 2.14. The van der Waals surface area contributed by atoms with E-state index in [1.165, 1.54) is 0 Å². The highest BCUT2D eigenvalue weighted by molar-refractivity contribution is 6.31. The van der Waals surface area contributed by atoms with Gasteiger partial charge in [-0.25, -0.2) is 0 Å². The van der Waals surface area contributed by atoms with Crippen LogP contribution >= 0.6 is 11.6 Å². The van der Waals surface area contributed by atoms with E-state index in [9.17, 15) is 0 Å². The van der Waals surface area contributed by atoms with Crippen LogP contribution in [0.25, 0.3) is 0 Å². The number of anilines is 1. The van der Waals surface area contributed by atoms with Gasteiger partial charge < -0.3 is 15.8 Å². The molecule has 15 heavy (non-hydrogen) atoms. The van der Waals surface area contributed by atoms with Crippen molar-refractivity contribution in [2.75, 3.05) is 25.5 Å². The Kier molecular flexibility index (Phi) is 4.72. The zero-order valence-corrected chi connectivity index (χ0v) is 9.90. The van der Waals surface area contributed by atoms with Crippen LogP contribution in [0.2, 0.25) is 5.02 Å². The topological polar surface area (TPSA) is 47.3 Å². The lowest BCUT2D eigenvalue weighted by Gasteiger charge is -2.13. The monoisotopic (exact) mass is 228 g/mol. The first-order valence-corrected chi connectivity index (χ1v) is 5.35. The fraction of sp³-hybridized carbons (Fsp3) is 0.455. The number of nitrogens with two attached hydrogens (primary N) is 1. The van der Waals surface area contributed by atoms with Crippen LogP contribution in [0.1, 0.15) is 12.0 Å². The van der Waals surface area contributed by atoms with Crippen LogP contribution in [-0.4, -0.2) is 20.2 Å². The van der Waals surface area contributed by atoms with Crippen molar-refractivity contribution in [2.24, 2.45) is 5.73 Å². The Balaban J connectivity index is 2.84. The summed E-state index contributed by atoms with van der Waals surface area (Å²) in [6.45, 7) is 3.47. The van der Waals surface area contributed by atoms with Crippen molar-refractivity contribution in [2.45, 2.75) is 13.3 Å². The number of hydrogen-bond donors (Lipinski definition) is 2. The molecule has 0 radical (unpaired) electrons. The number of aryl methyl sites for hydroxylation is 1. The van der Waals surface area contributed by atoms with E-state index < -0.39 is 0 Å². The lowest BCUT2D eigenvalue weighted by molar-refractivity contribution is 0.413. The van der Waals surface area contributed by atoms with E-state index >= 15 is 0 Å². The molecular formula is C11H17ClN2O. The average Bonchev–Trinajstić information content (AvgIpc) is 2.17. The maximum Gasteiger partial charge on any atom is 0.144 e. The van der Waals surface area contributed by atoms with Crippen molar-refractivity contribution < 1.29 is 4.74 Å². The van der Waals surface area contributed by atoms with E-state index in [0.29, 0.717) is 11.6 Å². The first-order valence-electron chi connectivity index (χ1n) is 4.97. The third kappa shape index (κ3) is 3.29. The molecule has 4 heteroatoms. The van der Waals surface area contributed by atoms with Gasteiger partial charge in [-0.05, 0) is 37.6 Å². The zero-order chi connectivity index (χ0) is 11.3. The molecule has 0 unspecified atom stereocenters. The summed E-state index contributed by atoms with van der Waals surface area (Å²) >= 11 is 5.97. The average molecular weight is 229 g/mol. The van der Waals surface area contributed by atoms with E-state index in [1.807, 2.05) is 19.1 Å². The van der Waals surface area contributed by atoms with Crippen molar-refractivity contribution in [3.63, 3.8) is 0 Å². The summed E-state index contributed by atoms with van der Waals surface area (Å²) in [5.41, 5.74) is 7.38. The molecule has 0 heterocycles. The van der Waals surface area contributed by atoms with Crippen molar-refractivity contribution in [1.29, 1.82) is 0 Å². The summed E-state index contributed by atoms with van der Waals surface area (Å²) in [6.07, 6.45) is 0.925. The van der Waals surface area contributed by atoms with E-state index in [1.54, 1.807) is 7.11 Å². The van der Waals surface area contributed by atoms with Gasteiger partial charge in [0.1, 0.15) is 5.75 Å². The lowest BCUT2D eigenvalue weighted by Crippen LogP contribution is -2.09. The highest BCUT2D eigenvalue weighted by atomic mass is 35.5. The summed E-state index contributed by atoms with van der Waals surface area (Å²) in [7, 11) is 1.66. The number of hydrogen-bond acceptors (Lipinski definition) is 3. The fourth-order valence-electron chi connectivity index (χ4n) is 1.46. The van der Waals surface area contributed by atoms with Gasteiger partial charge in [0.15, 0.2) is 0 Å². The van der Waals surface area contributed by atoms with Crippen LogP contribution in [0, 0.1) is 6.92 Å². The maximum atomic E-state index is 5.97. The molecule has 0 aromatic heterocycles. The predicted molar refractivity (Wildman–Crippen MR) is 64.9 cm³/mol. The Bertz CT molecular complexity index is 329. The molecule has 1 rings (SSSR count). The predicted octanol–water partition coefficient (Wildman–Crippen LogP) is 2.42. The minimum absolute atomic E-state index is 0.675. The maximum absolute atomic E-state index is 5.97. The Labute approximate surface area is 95.6 Å². The molecule has 0 spiro atoms. The zero-order valence-electron chi connectivity index (χ0n) is 9.14. The van der Waals surface area contributed by atoms with Crippen LogP contribution < -0.4 is 15.8 Å². The van der Waals surface area contributed by atoms with E-state index in [4.69, 9.17) is 22.1 Å². The molecule has 0 saturated carbocycles. The second-order valence-corrected chi connectivity index (χ2v) is 3.81. The molecule has 0 saturated heterocycles. The normalized spacial score (nSPS) is 10.1. The molecular weight excluding hydrogens is 212 g/mol. The molecule has 1 aromatic carbocycles. The molecule has 1 aromatic rings. The fourth-order valence-corrected chi connectivity index (χ4v) is 1.73. The van der Waals surface area contributed by atoms with Crippen molar-refractivity contribution in [3.05, 3.63) is 22.7 Å². The highest BCUT2D eigenvalue weighted by Crippen LogP contribution is 2.31. The highest BCUT2D eigenvalue weighted by Gasteiger charge is 2.07. The van der Waals surface area contributed by atoms with Crippen LogP contribution in [0.5, 0.6) is 5.75 Å². The summed E-state index contributed by atoms with van der Waals surface area (Å²) in [5.74, 6) is 0.844. The van der Waals surface area contributed by atoms with Gasteiger partial charge in [-0.3, -0.25) is 0 Å². The quantitative estimate of drug-likeness (QED) is 0.761. The molecule has 3 nitrogen and oxygen atoms in total. The van der Waals surface area contributed by atoms with Crippen molar-refractivity contribution in [1.82, 2.24) is 0 Å². The lowest BCUT2D eigenvalue weighted by atomic mass is 10.2. The summed E-state index contributed by atoms with van der Waals surface area (Å²) in [6, 6.07) is 3.75. The molecule has 3 N–H and O–H groups in total. The molecule has 0 bridgehead atoms. The largest absolute Gasteiger partial charge is 0.494 e. The van der Waals surface area contributed by atoms with Crippen LogP contribution in [-0.2, 0) is 0 Å². The SMILES string of the molecule is COc1c(C)cc(Cl)cc1NCCCN. The Hall–Kier alpha value is -0.930. The van der Waals surface area contributed by atoms with Crippen LogP contribution in [0.15, 0.2) is 12.1 Å². The number of rotatable bonds is 5. The van der Waals surface area contributed by atoms with Gasteiger partial charge in [-0.2, -0.15) is 0 Å².